The van der Waals surface area contributed by atoms with Crippen molar-refractivity contribution < 1.29 is 4.79 Å². The van der Waals surface area contributed by atoms with Crippen molar-refractivity contribution in [3.05, 3.63) is 90.3 Å². The predicted octanol–water partition coefficient (Wildman–Crippen LogP) is 5.42. The molecule has 2 aromatic carbocycles. The highest BCUT2D eigenvalue weighted by molar-refractivity contribution is 7.99. The first-order valence-corrected chi connectivity index (χ1v) is 12.0. The van der Waals surface area contributed by atoms with Gasteiger partial charge in [-0.2, -0.15) is 0 Å². The zero-order chi connectivity index (χ0) is 23.2. The summed E-state index contributed by atoms with van der Waals surface area (Å²) in [5, 5.41) is 12.7. The molecule has 0 aliphatic carbocycles. The standard InChI is InChI=1S/C26H27N5OS/c1-18(2)22-13-7-8-14-23(22)31-25(21-12-9-15-27-16-21)29-30-26(31)33-17-24(32)28-19(3)20-10-5-4-6-11-20/h4-16,18-19H,17H2,1-3H3,(H,28,32). The SMILES string of the molecule is CC(C)c1ccccc1-n1c(SCC(=O)NC(C)c2ccccc2)nnc1-c1cccnc1. The van der Waals surface area contributed by atoms with Crippen molar-refractivity contribution in [2.24, 2.45) is 0 Å². The summed E-state index contributed by atoms with van der Waals surface area (Å²) < 4.78 is 2.03. The molecule has 0 bridgehead atoms. The highest BCUT2D eigenvalue weighted by Gasteiger charge is 2.20. The number of thioether (sulfide) groups is 1. The average Bonchev–Trinajstić information content (AvgIpc) is 3.27. The average molecular weight is 458 g/mol. The van der Waals surface area contributed by atoms with E-state index in [0.29, 0.717) is 16.9 Å². The minimum absolute atomic E-state index is 0.0500. The van der Waals surface area contributed by atoms with Crippen LogP contribution in [0.2, 0.25) is 0 Å². The third kappa shape index (κ3) is 5.31. The Morgan fingerprint density at radius 2 is 1.73 bits per heavy atom. The van der Waals surface area contributed by atoms with Crippen molar-refractivity contribution >= 4 is 17.7 Å². The molecular weight excluding hydrogens is 430 g/mol. The number of rotatable bonds is 8. The Bertz CT molecular complexity index is 1210. The minimum Gasteiger partial charge on any atom is -0.349 e. The maximum Gasteiger partial charge on any atom is 0.230 e. The zero-order valence-corrected chi connectivity index (χ0v) is 19.8. The molecule has 2 aromatic heterocycles. The van der Waals surface area contributed by atoms with Crippen molar-refractivity contribution in [2.45, 2.75) is 37.9 Å². The first-order chi connectivity index (χ1) is 16.0. The zero-order valence-electron chi connectivity index (χ0n) is 19.0. The summed E-state index contributed by atoms with van der Waals surface area (Å²) in [5.74, 6) is 1.22. The van der Waals surface area contributed by atoms with Gasteiger partial charge in [0.1, 0.15) is 0 Å². The molecule has 0 radical (unpaired) electrons. The van der Waals surface area contributed by atoms with Crippen LogP contribution in [-0.4, -0.2) is 31.4 Å². The molecule has 0 aliphatic heterocycles. The van der Waals surface area contributed by atoms with Crippen LogP contribution in [0.15, 0.2) is 84.3 Å². The lowest BCUT2D eigenvalue weighted by Crippen LogP contribution is -2.28. The molecule has 0 saturated carbocycles. The van der Waals surface area contributed by atoms with E-state index in [9.17, 15) is 4.79 Å². The third-order valence-corrected chi connectivity index (χ3v) is 6.29. The van der Waals surface area contributed by atoms with E-state index < -0.39 is 0 Å². The molecule has 0 aliphatic rings. The molecule has 2 heterocycles. The number of benzene rings is 2. The van der Waals surface area contributed by atoms with Gasteiger partial charge in [-0.05, 0) is 42.2 Å². The second kappa shape index (κ2) is 10.4. The number of hydrogen-bond donors (Lipinski definition) is 1. The number of nitrogens with zero attached hydrogens (tertiary/aromatic N) is 4. The normalized spacial score (nSPS) is 12.0. The Labute approximate surface area is 198 Å². The third-order valence-electron chi connectivity index (χ3n) is 5.36. The van der Waals surface area contributed by atoms with Crippen LogP contribution < -0.4 is 5.32 Å². The molecule has 168 valence electrons. The monoisotopic (exact) mass is 457 g/mol. The van der Waals surface area contributed by atoms with Gasteiger partial charge < -0.3 is 5.32 Å². The maximum absolute atomic E-state index is 12.7. The number of aromatic nitrogens is 4. The Morgan fingerprint density at radius 1 is 0.970 bits per heavy atom. The fraction of sp³-hybridized carbons (Fsp3) is 0.231. The van der Waals surface area contributed by atoms with Gasteiger partial charge in [-0.1, -0.05) is 74.1 Å². The summed E-state index contributed by atoms with van der Waals surface area (Å²) in [6.07, 6.45) is 3.52. The highest BCUT2D eigenvalue weighted by Crippen LogP contribution is 2.31. The van der Waals surface area contributed by atoms with Crippen LogP contribution in [0.1, 0.15) is 43.9 Å². The Balaban J connectivity index is 1.61. The van der Waals surface area contributed by atoms with Crippen molar-refractivity contribution in [1.82, 2.24) is 25.1 Å². The van der Waals surface area contributed by atoms with Crippen LogP contribution in [0.5, 0.6) is 0 Å². The minimum atomic E-state index is -0.0650. The lowest BCUT2D eigenvalue weighted by atomic mass is 10.0. The molecule has 7 heteroatoms. The smallest absolute Gasteiger partial charge is 0.230 e. The molecule has 1 atom stereocenters. The van der Waals surface area contributed by atoms with E-state index in [1.165, 1.54) is 17.3 Å². The van der Waals surface area contributed by atoms with Crippen molar-refractivity contribution in [2.75, 3.05) is 5.75 Å². The van der Waals surface area contributed by atoms with Gasteiger partial charge in [-0.3, -0.25) is 14.3 Å². The summed E-state index contributed by atoms with van der Waals surface area (Å²) in [4.78, 5) is 16.9. The molecule has 0 saturated heterocycles. The molecular formula is C26H27N5OS. The molecule has 33 heavy (non-hydrogen) atoms. The van der Waals surface area contributed by atoms with Crippen LogP contribution >= 0.6 is 11.8 Å². The van der Waals surface area contributed by atoms with Crippen LogP contribution in [0.3, 0.4) is 0 Å². The van der Waals surface area contributed by atoms with E-state index in [1.54, 1.807) is 12.4 Å². The predicted molar refractivity (Wildman–Crippen MR) is 132 cm³/mol. The molecule has 1 N–H and O–H groups in total. The topological polar surface area (TPSA) is 72.7 Å². The number of carbonyl (C=O) groups is 1. The molecule has 0 fully saturated rings. The van der Waals surface area contributed by atoms with E-state index in [0.717, 1.165) is 16.8 Å². The lowest BCUT2D eigenvalue weighted by molar-refractivity contribution is -0.119. The van der Waals surface area contributed by atoms with Crippen LogP contribution in [0.25, 0.3) is 17.1 Å². The summed E-state index contributed by atoms with van der Waals surface area (Å²) in [7, 11) is 0. The van der Waals surface area contributed by atoms with E-state index in [4.69, 9.17) is 0 Å². The Hall–Kier alpha value is -3.45. The second-order valence-electron chi connectivity index (χ2n) is 8.09. The fourth-order valence-electron chi connectivity index (χ4n) is 3.68. The van der Waals surface area contributed by atoms with Gasteiger partial charge in [0, 0.05) is 18.0 Å². The summed E-state index contributed by atoms with van der Waals surface area (Å²) in [5.41, 5.74) is 4.14. The van der Waals surface area contributed by atoms with Crippen LogP contribution in [0.4, 0.5) is 0 Å². The van der Waals surface area contributed by atoms with Gasteiger partial charge in [0.05, 0.1) is 17.5 Å². The van der Waals surface area contributed by atoms with Crippen LogP contribution in [-0.2, 0) is 4.79 Å². The van der Waals surface area contributed by atoms with Gasteiger partial charge in [0.2, 0.25) is 5.91 Å². The largest absolute Gasteiger partial charge is 0.349 e. The van der Waals surface area contributed by atoms with Gasteiger partial charge in [-0.15, -0.1) is 10.2 Å². The van der Waals surface area contributed by atoms with E-state index in [-0.39, 0.29) is 17.7 Å². The fourth-order valence-corrected chi connectivity index (χ4v) is 4.44. The van der Waals surface area contributed by atoms with E-state index in [1.807, 2.05) is 66.1 Å². The molecule has 6 nitrogen and oxygen atoms in total. The first kappa shape index (κ1) is 22.7. The van der Waals surface area contributed by atoms with E-state index in [2.05, 4.69) is 46.5 Å². The van der Waals surface area contributed by atoms with Gasteiger partial charge >= 0.3 is 0 Å². The summed E-state index contributed by atoms with van der Waals surface area (Å²) in [6, 6.07) is 22.0. The maximum atomic E-state index is 12.7. The Morgan fingerprint density at radius 3 is 2.45 bits per heavy atom. The molecule has 4 aromatic rings. The van der Waals surface area contributed by atoms with Gasteiger partial charge in [0.15, 0.2) is 11.0 Å². The molecule has 1 amide bonds. The number of para-hydroxylation sites is 1. The lowest BCUT2D eigenvalue weighted by Gasteiger charge is -2.17. The summed E-state index contributed by atoms with van der Waals surface area (Å²) >= 11 is 1.38. The van der Waals surface area contributed by atoms with Gasteiger partial charge in [-0.25, -0.2) is 0 Å². The van der Waals surface area contributed by atoms with Gasteiger partial charge in [0.25, 0.3) is 0 Å². The molecule has 4 rings (SSSR count). The quantitative estimate of drug-likeness (QED) is 0.358. The van der Waals surface area contributed by atoms with Crippen molar-refractivity contribution in [1.29, 1.82) is 0 Å². The number of hydrogen-bond acceptors (Lipinski definition) is 5. The number of carbonyl (C=O) groups excluding carboxylic acids is 1. The Kier molecular flexibility index (Phi) is 7.19. The number of amides is 1. The first-order valence-electron chi connectivity index (χ1n) is 11.0. The van der Waals surface area contributed by atoms with Crippen molar-refractivity contribution in [3.63, 3.8) is 0 Å². The number of nitrogens with one attached hydrogen (secondary N) is 1. The van der Waals surface area contributed by atoms with Crippen LogP contribution in [0, 0.1) is 0 Å². The van der Waals surface area contributed by atoms with Crippen molar-refractivity contribution in [3.8, 4) is 17.1 Å². The van der Waals surface area contributed by atoms with E-state index >= 15 is 0 Å². The molecule has 0 spiro atoms. The highest BCUT2D eigenvalue weighted by atomic mass is 32.2. The second-order valence-corrected chi connectivity index (χ2v) is 9.03. The number of pyridine rings is 1. The molecule has 1 unspecified atom stereocenters. The summed E-state index contributed by atoms with van der Waals surface area (Å²) in [6.45, 7) is 6.32.